The summed E-state index contributed by atoms with van der Waals surface area (Å²) in [4.78, 5) is 11.6. The molecule has 26 heavy (non-hydrogen) atoms. The van der Waals surface area contributed by atoms with Crippen LogP contribution in [0.25, 0.3) is 11.1 Å². The van der Waals surface area contributed by atoms with E-state index in [0.29, 0.717) is 5.82 Å². The van der Waals surface area contributed by atoms with E-state index in [9.17, 15) is 9.90 Å². The first-order valence-corrected chi connectivity index (χ1v) is 8.52. The number of aliphatic carboxylic acids is 1. The van der Waals surface area contributed by atoms with E-state index in [2.05, 4.69) is 32.0 Å². The summed E-state index contributed by atoms with van der Waals surface area (Å²) in [5, 5.41) is 27.2. The molecule has 2 atom stereocenters. The molecule has 2 aliphatic rings. The quantitative estimate of drug-likeness (QED) is 0.737. The average Bonchev–Trinajstić information content (AvgIpc) is 3.15. The first-order valence-electron chi connectivity index (χ1n) is 8.52. The van der Waals surface area contributed by atoms with Gasteiger partial charge < -0.3 is 5.11 Å². The van der Waals surface area contributed by atoms with E-state index < -0.39 is 12.0 Å². The summed E-state index contributed by atoms with van der Waals surface area (Å²) in [6, 6.07) is 9.22. The van der Waals surface area contributed by atoms with Gasteiger partial charge in [0.1, 0.15) is 6.04 Å². The fraction of sp³-hybridized carbons (Fsp3) is 0.263. The highest BCUT2D eigenvalue weighted by atomic mass is 16.4. The lowest BCUT2D eigenvalue weighted by atomic mass is 9.68. The molecule has 0 spiro atoms. The van der Waals surface area contributed by atoms with E-state index >= 15 is 0 Å². The maximum absolute atomic E-state index is 11.6. The van der Waals surface area contributed by atoms with Crippen LogP contribution in [0.4, 0.5) is 0 Å². The Morgan fingerprint density at radius 3 is 2.62 bits per heavy atom. The lowest BCUT2D eigenvalue weighted by Gasteiger charge is -2.42. The van der Waals surface area contributed by atoms with E-state index in [4.69, 9.17) is 0 Å². The van der Waals surface area contributed by atoms with Crippen molar-refractivity contribution in [1.29, 1.82) is 0 Å². The molecular formula is C19H19N5O2. The zero-order valence-electron chi connectivity index (χ0n) is 14.5. The number of hydrogen-bond acceptors (Lipinski definition) is 5. The van der Waals surface area contributed by atoms with Crippen LogP contribution in [-0.2, 0) is 4.79 Å². The van der Waals surface area contributed by atoms with Gasteiger partial charge in [-0.2, -0.15) is 5.21 Å². The first kappa shape index (κ1) is 16.4. The topological polar surface area (TPSA) is 104 Å². The van der Waals surface area contributed by atoms with Crippen molar-refractivity contribution >= 4 is 17.1 Å². The molecule has 1 aromatic carbocycles. The van der Waals surface area contributed by atoms with Gasteiger partial charge in [-0.15, -0.1) is 10.2 Å². The van der Waals surface area contributed by atoms with Crippen molar-refractivity contribution in [2.75, 3.05) is 0 Å². The molecule has 7 heteroatoms. The number of carbonyl (C=O) groups is 1. The van der Waals surface area contributed by atoms with E-state index in [-0.39, 0.29) is 12.0 Å². The zero-order chi connectivity index (χ0) is 18.3. The molecule has 0 fully saturated rings. The monoisotopic (exact) mass is 349 g/mol. The number of allylic oxidation sites excluding steroid dienone is 2. The Labute approximate surface area is 150 Å². The van der Waals surface area contributed by atoms with Crippen LogP contribution in [0.2, 0.25) is 0 Å². The maximum Gasteiger partial charge on any atom is 0.320 e. The maximum atomic E-state index is 11.6. The van der Waals surface area contributed by atoms with Crippen LogP contribution in [-0.4, -0.2) is 43.8 Å². The molecule has 0 saturated carbocycles. The molecule has 0 saturated heterocycles. The number of fused-ring (bicyclic) bond motifs is 2. The zero-order valence-corrected chi connectivity index (χ0v) is 14.5. The van der Waals surface area contributed by atoms with Crippen molar-refractivity contribution < 1.29 is 9.90 Å². The number of benzene rings is 1. The highest BCUT2D eigenvalue weighted by Crippen LogP contribution is 2.50. The standard InChI is InChI=1S/C19H19N5O2/c1-10(2)16(19(25)26)20-17-13-9-8-12(11-6-4-3-5-7-11)14(17)15(13)18-21-23-24-22-18/h3-10,16-17,20H,1-2H3,(H,25,26)(H,21,22,23,24)/t16-,17-/m0/s1. The van der Waals surface area contributed by atoms with Gasteiger partial charge in [0.15, 0.2) is 0 Å². The molecule has 1 aromatic heterocycles. The second-order valence-corrected chi connectivity index (χ2v) is 6.75. The van der Waals surface area contributed by atoms with Crippen LogP contribution in [0.3, 0.4) is 0 Å². The molecule has 0 unspecified atom stereocenters. The smallest absolute Gasteiger partial charge is 0.320 e. The molecule has 4 rings (SSSR count). The van der Waals surface area contributed by atoms with E-state index in [1.54, 1.807) is 0 Å². The normalized spacial score (nSPS) is 19.7. The average molecular weight is 349 g/mol. The predicted molar refractivity (Wildman–Crippen MR) is 96.8 cm³/mol. The summed E-state index contributed by atoms with van der Waals surface area (Å²) in [6.07, 6.45) is 4.07. The fourth-order valence-corrected chi connectivity index (χ4v) is 3.54. The Kier molecular flexibility index (Phi) is 4.00. The van der Waals surface area contributed by atoms with Crippen molar-refractivity contribution in [3.63, 3.8) is 0 Å². The number of hydrogen-bond donors (Lipinski definition) is 3. The lowest BCUT2D eigenvalue weighted by molar-refractivity contribution is -0.140. The minimum Gasteiger partial charge on any atom is -0.480 e. The number of nitrogens with zero attached hydrogens (tertiary/aromatic N) is 3. The summed E-state index contributed by atoms with van der Waals surface area (Å²) in [5.74, 6) is -0.354. The van der Waals surface area contributed by atoms with Crippen LogP contribution in [0, 0.1) is 5.92 Å². The Hall–Kier alpha value is -3.06. The Morgan fingerprint density at radius 1 is 1.23 bits per heavy atom. The third-order valence-corrected chi connectivity index (χ3v) is 4.81. The van der Waals surface area contributed by atoms with Crippen LogP contribution in [0.1, 0.15) is 25.2 Å². The number of carboxylic acids is 1. The summed E-state index contributed by atoms with van der Waals surface area (Å²) < 4.78 is 0. The van der Waals surface area contributed by atoms with E-state index in [0.717, 1.165) is 27.9 Å². The molecule has 132 valence electrons. The van der Waals surface area contributed by atoms with Gasteiger partial charge in [0, 0.05) is 5.57 Å². The predicted octanol–water partition coefficient (Wildman–Crippen LogP) is 2.06. The second kappa shape index (κ2) is 6.34. The van der Waals surface area contributed by atoms with Gasteiger partial charge >= 0.3 is 5.97 Å². The lowest BCUT2D eigenvalue weighted by Crippen LogP contribution is -2.52. The number of aromatic nitrogens is 4. The van der Waals surface area contributed by atoms with Crippen molar-refractivity contribution in [2.45, 2.75) is 25.9 Å². The Morgan fingerprint density at radius 2 is 2.00 bits per heavy atom. The van der Waals surface area contributed by atoms with Crippen LogP contribution >= 0.6 is 0 Å². The third kappa shape index (κ3) is 2.57. The largest absolute Gasteiger partial charge is 0.480 e. The Bertz CT molecular complexity index is 926. The SMILES string of the molecule is CC(C)[C@H](N[C@H]1c2ccc(-c3ccccc3)c1c2-c1nn[nH]n1)C(=O)O. The summed E-state index contributed by atoms with van der Waals surface area (Å²) in [5.41, 5.74) is 5.05. The van der Waals surface area contributed by atoms with Crippen molar-refractivity contribution in [2.24, 2.45) is 5.92 Å². The molecule has 2 bridgehead atoms. The van der Waals surface area contributed by atoms with E-state index in [1.807, 2.05) is 50.3 Å². The van der Waals surface area contributed by atoms with Gasteiger partial charge in [0.05, 0.1) is 6.04 Å². The van der Waals surface area contributed by atoms with Crippen LogP contribution in [0.15, 0.2) is 53.6 Å². The number of tetrazole rings is 1. The molecule has 7 nitrogen and oxygen atoms in total. The first-order chi connectivity index (χ1) is 12.6. The summed E-state index contributed by atoms with van der Waals surface area (Å²) >= 11 is 0. The third-order valence-electron chi connectivity index (χ3n) is 4.81. The number of nitrogens with one attached hydrogen (secondary N) is 2. The molecule has 3 N–H and O–H groups in total. The minimum atomic E-state index is -0.850. The molecule has 0 radical (unpaired) electrons. The summed E-state index contributed by atoms with van der Waals surface area (Å²) in [7, 11) is 0. The number of carboxylic acid groups (broad SMARTS) is 1. The number of H-pyrrole nitrogens is 1. The molecule has 0 aliphatic heterocycles. The van der Waals surface area contributed by atoms with Crippen LogP contribution in [0.5, 0.6) is 0 Å². The highest BCUT2D eigenvalue weighted by molar-refractivity contribution is 6.05. The van der Waals surface area contributed by atoms with E-state index in [1.165, 1.54) is 0 Å². The highest BCUT2D eigenvalue weighted by Gasteiger charge is 2.43. The van der Waals surface area contributed by atoms with Gasteiger partial charge in [-0.1, -0.05) is 56.3 Å². The van der Waals surface area contributed by atoms with Gasteiger partial charge in [-0.3, -0.25) is 10.1 Å². The van der Waals surface area contributed by atoms with Gasteiger partial charge in [0.2, 0.25) is 5.82 Å². The second-order valence-electron chi connectivity index (χ2n) is 6.75. The molecule has 0 amide bonds. The van der Waals surface area contributed by atoms with Gasteiger partial charge in [0.25, 0.3) is 0 Å². The molecule has 2 aliphatic carbocycles. The van der Waals surface area contributed by atoms with Crippen molar-refractivity contribution in [3.05, 3.63) is 65.0 Å². The van der Waals surface area contributed by atoms with Crippen molar-refractivity contribution in [1.82, 2.24) is 25.9 Å². The summed E-state index contributed by atoms with van der Waals surface area (Å²) in [6.45, 7) is 3.80. The molecule has 2 aromatic rings. The van der Waals surface area contributed by atoms with Crippen LogP contribution < -0.4 is 5.32 Å². The van der Waals surface area contributed by atoms with Gasteiger partial charge in [-0.25, -0.2) is 0 Å². The number of rotatable bonds is 6. The fourth-order valence-electron chi connectivity index (χ4n) is 3.54. The molecular weight excluding hydrogens is 330 g/mol. The number of aromatic amines is 1. The molecule has 1 heterocycles. The van der Waals surface area contributed by atoms with Gasteiger partial charge in [-0.05, 0) is 33.4 Å². The Balaban J connectivity index is 1.76. The van der Waals surface area contributed by atoms with Crippen molar-refractivity contribution in [3.8, 4) is 0 Å². The minimum absolute atomic E-state index is 0.0344.